The highest BCUT2D eigenvalue weighted by atomic mass is 16.5. The SMILES string of the molecule is CC(CC1COCCN1)Nc1cccc(C#N)c1. The number of morpholine rings is 1. The summed E-state index contributed by atoms with van der Waals surface area (Å²) < 4.78 is 5.44. The molecule has 0 aromatic heterocycles. The first-order valence-corrected chi connectivity index (χ1v) is 6.36. The molecule has 1 fully saturated rings. The van der Waals surface area contributed by atoms with Crippen molar-refractivity contribution < 1.29 is 4.74 Å². The summed E-state index contributed by atoms with van der Waals surface area (Å²) in [6, 6.07) is 10.5. The van der Waals surface area contributed by atoms with E-state index in [1.807, 2.05) is 24.3 Å². The maximum atomic E-state index is 8.85. The molecule has 1 aliphatic rings. The van der Waals surface area contributed by atoms with Crippen molar-refractivity contribution in [2.24, 2.45) is 0 Å². The lowest BCUT2D eigenvalue weighted by atomic mass is 10.1. The van der Waals surface area contributed by atoms with Gasteiger partial charge >= 0.3 is 0 Å². The Balaban J connectivity index is 1.86. The van der Waals surface area contributed by atoms with Crippen LogP contribution in [0.5, 0.6) is 0 Å². The molecule has 0 amide bonds. The Morgan fingerprint density at radius 3 is 3.22 bits per heavy atom. The minimum absolute atomic E-state index is 0.346. The number of benzene rings is 1. The fourth-order valence-corrected chi connectivity index (χ4v) is 2.22. The summed E-state index contributed by atoms with van der Waals surface area (Å²) >= 11 is 0. The van der Waals surface area contributed by atoms with Gasteiger partial charge in [-0.25, -0.2) is 0 Å². The molecule has 1 aromatic carbocycles. The number of ether oxygens (including phenoxy) is 1. The lowest BCUT2D eigenvalue weighted by molar-refractivity contribution is 0.0731. The Bertz CT molecular complexity index is 421. The monoisotopic (exact) mass is 245 g/mol. The average molecular weight is 245 g/mol. The fraction of sp³-hybridized carbons (Fsp3) is 0.500. The maximum absolute atomic E-state index is 8.85. The molecule has 1 aliphatic heterocycles. The Kier molecular flexibility index (Phi) is 4.57. The van der Waals surface area contributed by atoms with Crippen molar-refractivity contribution in [3.63, 3.8) is 0 Å². The molecule has 4 heteroatoms. The zero-order valence-corrected chi connectivity index (χ0v) is 10.6. The van der Waals surface area contributed by atoms with E-state index in [4.69, 9.17) is 10.00 Å². The van der Waals surface area contributed by atoms with Crippen molar-refractivity contribution in [1.29, 1.82) is 5.26 Å². The molecule has 0 saturated carbocycles. The van der Waals surface area contributed by atoms with E-state index < -0.39 is 0 Å². The number of nitriles is 1. The van der Waals surface area contributed by atoms with E-state index in [1.54, 1.807) is 0 Å². The lowest BCUT2D eigenvalue weighted by Gasteiger charge is -2.27. The second-order valence-electron chi connectivity index (χ2n) is 4.70. The van der Waals surface area contributed by atoms with Gasteiger partial charge in [0.05, 0.1) is 24.8 Å². The number of rotatable bonds is 4. The smallest absolute Gasteiger partial charge is 0.0992 e. The topological polar surface area (TPSA) is 57.1 Å². The van der Waals surface area contributed by atoms with Crippen molar-refractivity contribution in [1.82, 2.24) is 5.32 Å². The predicted molar refractivity (Wildman–Crippen MR) is 71.5 cm³/mol. The molecule has 4 nitrogen and oxygen atoms in total. The molecule has 2 atom stereocenters. The molecule has 1 saturated heterocycles. The zero-order valence-electron chi connectivity index (χ0n) is 10.6. The van der Waals surface area contributed by atoms with Gasteiger partial charge in [0.25, 0.3) is 0 Å². The molecule has 0 aliphatic carbocycles. The van der Waals surface area contributed by atoms with Crippen molar-refractivity contribution in [2.45, 2.75) is 25.4 Å². The van der Waals surface area contributed by atoms with Gasteiger partial charge in [0.15, 0.2) is 0 Å². The van der Waals surface area contributed by atoms with Crippen molar-refractivity contribution >= 4 is 5.69 Å². The molecule has 1 aromatic rings. The van der Waals surface area contributed by atoms with Crippen LogP contribution in [-0.2, 0) is 4.74 Å². The molecule has 2 unspecified atom stereocenters. The van der Waals surface area contributed by atoms with E-state index in [1.165, 1.54) is 0 Å². The molecule has 96 valence electrons. The van der Waals surface area contributed by atoms with E-state index in [2.05, 4.69) is 23.6 Å². The van der Waals surface area contributed by atoms with Gasteiger partial charge in [-0.05, 0) is 31.5 Å². The summed E-state index contributed by atoms with van der Waals surface area (Å²) in [4.78, 5) is 0. The summed E-state index contributed by atoms with van der Waals surface area (Å²) in [5.41, 5.74) is 1.68. The van der Waals surface area contributed by atoms with Crippen LogP contribution in [0.25, 0.3) is 0 Å². The first-order valence-electron chi connectivity index (χ1n) is 6.36. The highest BCUT2D eigenvalue weighted by Gasteiger charge is 2.16. The minimum Gasteiger partial charge on any atom is -0.382 e. The van der Waals surface area contributed by atoms with Crippen LogP contribution in [-0.4, -0.2) is 31.8 Å². The van der Waals surface area contributed by atoms with Gasteiger partial charge < -0.3 is 15.4 Å². The van der Waals surface area contributed by atoms with Crippen molar-refractivity contribution in [2.75, 3.05) is 25.1 Å². The van der Waals surface area contributed by atoms with Crippen LogP contribution in [0.3, 0.4) is 0 Å². The summed E-state index contributed by atoms with van der Waals surface area (Å²) in [6.07, 6.45) is 1.01. The van der Waals surface area contributed by atoms with Crippen LogP contribution in [0.2, 0.25) is 0 Å². The molecular weight excluding hydrogens is 226 g/mol. The lowest BCUT2D eigenvalue weighted by Crippen LogP contribution is -2.43. The highest BCUT2D eigenvalue weighted by Crippen LogP contribution is 2.13. The fourth-order valence-electron chi connectivity index (χ4n) is 2.22. The van der Waals surface area contributed by atoms with Crippen LogP contribution in [0.1, 0.15) is 18.9 Å². The normalized spacial score (nSPS) is 21.0. The van der Waals surface area contributed by atoms with E-state index in [-0.39, 0.29) is 0 Å². The molecule has 0 radical (unpaired) electrons. The van der Waals surface area contributed by atoms with Crippen LogP contribution in [0, 0.1) is 11.3 Å². The number of nitrogens with one attached hydrogen (secondary N) is 2. The van der Waals surface area contributed by atoms with Crippen LogP contribution in [0.15, 0.2) is 24.3 Å². The summed E-state index contributed by atoms with van der Waals surface area (Å²) in [7, 11) is 0. The van der Waals surface area contributed by atoms with Gasteiger partial charge in [0, 0.05) is 24.3 Å². The predicted octanol–water partition coefficient (Wildman–Crippen LogP) is 1.74. The maximum Gasteiger partial charge on any atom is 0.0992 e. The van der Waals surface area contributed by atoms with E-state index >= 15 is 0 Å². The van der Waals surface area contributed by atoms with Gasteiger partial charge in [-0.3, -0.25) is 0 Å². The number of nitrogens with zero attached hydrogens (tertiary/aromatic N) is 1. The van der Waals surface area contributed by atoms with Crippen molar-refractivity contribution in [3.05, 3.63) is 29.8 Å². The second-order valence-corrected chi connectivity index (χ2v) is 4.70. The number of anilines is 1. The minimum atomic E-state index is 0.346. The Morgan fingerprint density at radius 1 is 1.61 bits per heavy atom. The zero-order chi connectivity index (χ0) is 12.8. The molecule has 2 N–H and O–H groups in total. The Labute approximate surface area is 108 Å². The number of hydrogen-bond donors (Lipinski definition) is 2. The standard InChI is InChI=1S/C14H19N3O/c1-11(7-14-10-18-6-5-16-14)17-13-4-2-3-12(8-13)9-15/h2-4,8,11,14,16-17H,5-7,10H2,1H3. The molecule has 0 spiro atoms. The second kappa shape index (κ2) is 6.39. The first kappa shape index (κ1) is 12.9. The summed E-state index contributed by atoms with van der Waals surface area (Å²) in [5.74, 6) is 0. The van der Waals surface area contributed by atoms with Gasteiger partial charge in [0.2, 0.25) is 0 Å². The van der Waals surface area contributed by atoms with Gasteiger partial charge in [-0.2, -0.15) is 5.26 Å². The van der Waals surface area contributed by atoms with Gasteiger partial charge in [-0.15, -0.1) is 0 Å². The van der Waals surface area contributed by atoms with Crippen LogP contribution in [0.4, 0.5) is 5.69 Å². The average Bonchev–Trinajstić information content (AvgIpc) is 2.40. The molecular formula is C14H19N3O. The largest absolute Gasteiger partial charge is 0.382 e. The third kappa shape index (κ3) is 3.73. The highest BCUT2D eigenvalue weighted by molar-refractivity contribution is 5.49. The Morgan fingerprint density at radius 2 is 2.50 bits per heavy atom. The summed E-state index contributed by atoms with van der Waals surface area (Å²) in [6.45, 7) is 4.67. The molecule has 2 rings (SSSR count). The number of hydrogen-bond acceptors (Lipinski definition) is 4. The third-order valence-electron chi connectivity index (χ3n) is 3.04. The van der Waals surface area contributed by atoms with Crippen LogP contribution >= 0.6 is 0 Å². The van der Waals surface area contributed by atoms with Crippen LogP contribution < -0.4 is 10.6 Å². The Hall–Kier alpha value is -1.57. The van der Waals surface area contributed by atoms with E-state index in [0.29, 0.717) is 17.6 Å². The molecule has 18 heavy (non-hydrogen) atoms. The molecule has 1 heterocycles. The third-order valence-corrected chi connectivity index (χ3v) is 3.04. The first-order chi connectivity index (χ1) is 8.78. The summed E-state index contributed by atoms with van der Waals surface area (Å²) in [5, 5.41) is 15.7. The van der Waals surface area contributed by atoms with Crippen molar-refractivity contribution in [3.8, 4) is 6.07 Å². The van der Waals surface area contributed by atoms with E-state index in [0.717, 1.165) is 31.9 Å². The quantitative estimate of drug-likeness (QED) is 0.848. The van der Waals surface area contributed by atoms with Gasteiger partial charge in [-0.1, -0.05) is 6.07 Å². The van der Waals surface area contributed by atoms with E-state index in [9.17, 15) is 0 Å². The van der Waals surface area contributed by atoms with Gasteiger partial charge in [0.1, 0.15) is 0 Å². The molecule has 0 bridgehead atoms.